The summed E-state index contributed by atoms with van der Waals surface area (Å²) in [6.07, 6.45) is 0. The van der Waals surface area contributed by atoms with Gasteiger partial charge in [-0.05, 0) is 0 Å². The van der Waals surface area contributed by atoms with Crippen LogP contribution >= 0.6 is 12.6 Å². The predicted molar refractivity (Wildman–Crippen MR) is 44.2 cm³/mol. The first-order valence-corrected chi connectivity index (χ1v) is 3.25. The van der Waals surface area contributed by atoms with Crippen LogP contribution in [0.5, 0.6) is 0 Å². The van der Waals surface area contributed by atoms with Gasteiger partial charge in [-0.15, -0.1) is 0 Å². The van der Waals surface area contributed by atoms with Crippen molar-refractivity contribution >= 4 is 31.3 Å². The van der Waals surface area contributed by atoms with E-state index in [2.05, 4.69) is 17.6 Å². The van der Waals surface area contributed by atoms with Gasteiger partial charge in [0.05, 0.1) is 0 Å². The van der Waals surface area contributed by atoms with E-state index in [1.807, 2.05) is 0 Å². The first-order chi connectivity index (χ1) is 5.11. The monoisotopic (exact) mass is 168 g/mol. The Balaban J connectivity index is 3.20. The van der Waals surface area contributed by atoms with Crippen molar-refractivity contribution in [1.82, 2.24) is 4.98 Å². The van der Waals surface area contributed by atoms with Crippen molar-refractivity contribution in [3.05, 3.63) is 11.5 Å². The SMILES string of the molecule is Nc1nc(S)bcc1C(=O)O. The maximum absolute atomic E-state index is 10.4. The Labute approximate surface area is 69.1 Å². The molecule has 0 spiro atoms. The van der Waals surface area contributed by atoms with Gasteiger partial charge in [-0.25, -0.2) is 0 Å². The molecule has 56 valence electrons. The summed E-state index contributed by atoms with van der Waals surface area (Å²) in [5, 5.41) is 8.51. The van der Waals surface area contributed by atoms with Gasteiger partial charge in [-0.2, -0.15) is 0 Å². The number of nitrogen functional groups attached to an aromatic ring is 1. The van der Waals surface area contributed by atoms with Crippen LogP contribution in [0.2, 0.25) is 0 Å². The summed E-state index contributed by atoms with van der Waals surface area (Å²) in [5.74, 6) is 0.279. The van der Waals surface area contributed by atoms with Crippen molar-refractivity contribution in [2.24, 2.45) is 0 Å². The molecule has 0 aliphatic rings. The van der Waals surface area contributed by atoms with E-state index in [-0.39, 0.29) is 11.4 Å². The van der Waals surface area contributed by atoms with Crippen molar-refractivity contribution in [1.29, 1.82) is 0 Å². The second-order valence-electron chi connectivity index (χ2n) is 1.91. The average Bonchev–Trinajstić information content (AvgIpc) is 1.85. The summed E-state index contributed by atoms with van der Waals surface area (Å²) in [7, 11) is 0. The number of anilines is 1. The number of carboxylic acid groups (broad SMARTS) is 1. The topological polar surface area (TPSA) is 76.2 Å². The Morgan fingerprint density at radius 2 is 2.45 bits per heavy atom. The molecular weight excluding hydrogens is 163 g/mol. The molecule has 1 heterocycles. The molecular formula is C5H5BN2O2S. The van der Waals surface area contributed by atoms with E-state index in [4.69, 9.17) is 10.8 Å². The normalized spacial score (nSPS) is 9.18. The maximum atomic E-state index is 10.4. The molecule has 1 aromatic rings. The third-order valence-corrected chi connectivity index (χ3v) is 1.39. The second-order valence-corrected chi connectivity index (χ2v) is 2.37. The van der Waals surface area contributed by atoms with E-state index in [0.29, 0.717) is 4.92 Å². The summed E-state index contributed by atoms with van der Waals surface area (Å²) in [5.41, 5.74) is 5.28. The molecule has 1 rings (SSSR count). The number of carboxylic acids is 1. The Bertz CT molecular complexity index is 305. The van der Waals surface area contributed by atoms with Gasteiger partial charge in [0.15, 0.2) is 0 Å². The van der Waals surface area contributed by atoms with Crippen LogP contribution in [0.4, 0.5) is 5.82 Å². The van der Waals surface area contributed by atoms with Crippen molar-refractivity contribution in [3.8, 4) is 0 Å². The molecule has 0 radical (unpaired) electrons. The number of thiol groups is 1. The summed E-state index contributed by atoms with van der Waals surface area (Å²) in [4.78, 5) is 14.5. The van der Waals surface area contributed by atoms with Gasteiger partial charge in [0, 0.05) is 0 Å². The Morgan fingerprint density at radius 3 is 2.91 bits per heavy atom. The Kier molecular flexibility index (Phi) is 2.14. The van der Waals surface area contributed by atoms with Crippen molar-refractivity contribution in [2.45, 2.75) is 4.92 Å². The number of aromatic carboxylic acids is 1. The van der Waals surface area contributed by atoms with E-state index in [1.165, 1.54) is 12.9 Å². The molecule has 1 aromatic heterocycles. The summed E-state index contributed by atoms with van der Waals surface area (Å²) >= 11 is 3.89. The van der Waals surface area contributed by atoms with Crippen LogP contribution in [0.3, 0.4) is 0 Å². The van der Waals surface area contributed by atoms with Gasteiger partial charge in [0.2, 0.25) is 0 Å². The number of aromatic nitrogens is 1. The van der Waals surface area contributed by atoms with Gasteiger partial charge < -0.3 is 0 Å². The number of rotatable bonds is 1. The number of carbonyl (C=O) groups is 1. The number of hydrogen-bond donors (Lipinski definition) is 3. The summed E-state index contributed by atoms with van der Waals surface area (Å²) < 4.78 is 0. The quantitative estimate of drug-likeness (QED) is 0.515. The first-order valence-electron chi connectivity index (χ1n) is 2.80. The standard InChI is InChI=1S/C5H5BN2O2S/c7-3-2(4(9)10)1-6-5(11)8-3/h1H,(H,9,10)(H3,7,8,11). The molecule has 0 unspecified atom stereocenters. The van der Waals surface area contributed by atoms with Crippen LogP contribution in [0.1, 0.15) is 10.4 Å². The molecule has 4 nitrogen and oxygen atoms in total. The molecule has 11 heavy (non-hydrogen) atoms. The summed E-state index contributed by atoms with van der Waals surface area (Å²) in [6.45, 7) is 1.48. The molecule has 0 aromatic carbocycles. The second kappa shape index (κ2) is 2.92. The van der Waals surface area contributed by atoms with Crippen LogP contribution in [-0.2, 0) is 0 Å². The molecule has 0 bridgehead atoms. The molecule has 0 aliphatic heterocycles. The zero-order valence-corrected chi connectivity index (χ0v) is 6.38. The first kappa shape index (κ1) is 8.07. The van der Waals surface area contributed by atoms with E-state index < -0.39 is 5.97 Å². The number of nitrogens with two attached hydrogens (primary N) is 1. The fraction of sp³-hybridized carbons (Fsp3) is 0. The van der Waals surface area contributed by atoms with E-state index in [1.54, 1.807) is 0 Å². The molecule has 0 atom stereocenters. The fourth-order valence-electron chi connectivity index (χ4n) is 0.645. The average molecular weight is 168 g/mol. The summed E-state index contributed by atoms with van der Waals surface area (Å²) in [6, 6.07) is 0. The van der Waals surface area contributed by atoms with E-state index in [9.17, 15) is 4.79 Å². The minimum atomic E-state index is -1.08. The molecule has 0 aliphatic carbocycles. The molecule has 0 amide bonds. The number of nitrogens with zero attached hydrogens (tertiary/aromatic N) is 1. The molecule has 0 saturated heterocycles. The van der Waals surface area contributed by atoms with Gasteiger partial charge in [-0.3, -0.25) is 0 Å². The van der Waals surface area contributed by atoms with Crippen LogP contribution in [0.25, 0.3) is 0 Å². The zero-order valence-electron chi connectivity index (χ0n) is 5.48. The van der Waals surface area contributed by atoms with Crippen molar-refractivity contribution < 1.29 is 9.90 Å². The minimum absolute atomic E-state index is 0.00259. The van der Waals surface area contributed by atoms with Crippen molar-refractivity contribution in [3.63, 3.8) is 0 Å². The van der Waals surface area contributed by atoms with Gasteiger partial charge in [-0.1, -0.05) is 0 Å². The van der Waals surface area contributed by atoms with Crippen LogP contribution in [0, 0.1) is 0 Å². The third-order valence-electron chi connectivity index (χ3n) is 1.14. The van der Waals surface area contributed by atoms with Gasteiger partial charge in [0.25, 0.3) is 0 Å². The fourth-order valence-corrected chi connectivity index (χ4v) is 0.827. The van der Waals surface area contributed by atoms with Crippen LogP contribution in [-0.4, -0.2) is 23.0 Å². The molecule has 3 N–H and O–H groups in total. The van der Waals surface area contributed by atoms with Gasteiger partial charge >= 0.3 is 68.4 Å². The van der Waals surface area contributed by atoms with Gasteiger partial charge in [0.1, 0.15) is 0 Å². The molecule has 0 fully saturated rings. The van der Waals surface area contributed by atoms with E-state index in [0.717, 1.165) is 0 Å². The zero-order chi connectivity index (χ0) is 8.43. The number of hydrogen-bond acceptors (Lipinski definition) is 4. The Hall–Kier alpha value is -1.04. The van der Waals surface area contributed by atoms with Crippen molar-refractivity contribution in [2.75, 3.05) is 5.73 Å². The molecule has 6 heteroatoms. The Morgan fingerprint density at radius 1 is 1.82 bits per heavy atom. The van der Waals surface area contributed by atoms with Crippen LogP contribution < -0.4 is 5.73 Å². The van der Waals surface area contributed by atoms with E-state index >= 15 is 0 Å². The van der Waals surface area contributed by atoms with Crippen LogP contribution in [0.15, 0.2) is 10.9 Å². The molecule has 0 saturated carbocycles. The third kappa shape index (κ3) is 1.71. The predicted octanol–water partition coefficient (Wildman–Crippen LogP) is -0.0112.